The van der Waals surface area contributed by atoms with E-state index in [1.54, 1.807) is 30.3 Å². The largest absolute Gasteiger partial charge is 0.480 e. The predicted molar refractivity (Wildman–Crippen MR) is 95.7 cm³/mol. The number of rotatable bonds is 11. The molecule has 0 bridgehead atoms. The first kappa shape index (κ1) is 23.5. The van der Waals surface area contributed by atoms with Gasteiger partial charge in [-0.15, -0.1) is 0 Å². The molecule has 11 nitrogen and oxygen atoms in total. The average molecular weight is 437 g/mol. The van der Waals surface area contributed by atoms with Gasteiger partial charge in [-0.3, -0.25) is 9.59 Å². The molecule has 28 heavy (non-hydrogen) atoms. The quantitative estimate of drug-likeness (QED) is 0.338. The van der Waals surface area contributed by atoms with Crippen LogP contribution in [0.2, 0.25) is 0 Å². The summed E-state index contributed by atoms with van der Waals surface area (Å²) in [7, 11) is -9.12. The van der Waals surface area contributed by atoms with E-state index in [4.69, 9.17) is 10.8 Å². The number of carbonyl (C=O) groups is 3. The van der Waals surface area contributed by atoms with Crippen molar-refractivity contribution in [2.75, 3.05) is 16.6 Å². The van der Waals surface area contributed by atoms with Gasteiger partial charge >= 0.3 is 17.9 Å². The summed E-state index contributed by atoms with van der Waals surface area (Å²) in [5.74, 6) is -7.74. The highest BCUT2D eigenvalue weighted by molar-refractivity contribution is 8.08. The summed E-state index contributed by atoms with van der Waals surface area (Å²) in [5.41, 5.74) is 6.41. The maximum absolute atomic E-state index is 11.8. The number of aliphatic carboxylic acids is 2. The monoisotopic (exact) mass is 437 g/mol. The first-order valence-electron chi connectivity index (χ1n) is 7.66. The Hall–Kier alpha value is -2.51. The molecule has 0 fully saturated rings. The number of nitrogens with two attached hydrogens (primary N) is 1. The van der Waals surface area contributed by atoms with Crippen LogP contribution in [-0.4, -0.2) is 73.7 Å². The van der Waals surface area contributed by atoms with Gasteiger partial charge in [-0.05, 0) is 12.0 Å². The van der Waals surface area contributed by atoms with Crippen molar-refractivity contribution in [3.05, 3.63) is 35.9 Å². The Morgan fingerprint density at radius 1 is 0.964 bits per heavy atom. The van der Waals surface area contributed by atoms with Gasteiger partial charge in [0.1, 0.15) is 11.5 Å². The molecule has 0 aliphatic rings. The van der Waals surface area contributed by atoms with Crippen LogP contribution in [0.25, 0.3) is 0 Å². The summed E-state index contributed by atoms with van der Waals surface area (Å²) in [6.45, 7) is 0. The van der Waals surface area contributed by atoms with Gasteiger partial charge in [0.05, 0.1) is 6.04 Å². The lowest BCUT2D eigenvalue weighted by atomic mass is 10.0. The number of carboxylic acid groups (broad SMARTS) is 2. The molecule has 0 aromatic heterocycles. The lowest BCUT2D eigenvalue weighted by Crippen LogP contribution is -2.46. The Bertz CT molecular complexity index is 925. The van der Waals surface area contributed by atoms with Crippen molar-refractivity contribution >= 4 is 37.6 Å². The molecule has 1 aromatic carbocycles. The van der Waals surface area contributed by atoms with Crippen molar-refractivity contribution in [2.45, 2.75) is 18.6 Å². The molecule has 0 saturated carbocycles. The van der Waals surface area contributed by atoms with Gasteiger partial charge in [0.25, 0.3) is 0 Å². The fourth-order valence-corrected chi connectivity index (χ4v) is 5.87. The Morgan fingerprint density at radius 2 is 1.50 bits per heavy atom. The fraction of sp³-hybridized carbons (Fsp3) is 0.400. The van der Waals surface area contributed by atoms with Gasteiger partial charge in [0.15, 0.2) is 24.8 Å². The molecular weight excluding hydrogens is 418 g/mol. The van der Waals surface area contributed by atoms with Crippen molar-refractivity contribution in [1.82, 2.24) is 0 Å². The minimum absolute atomic E-state index is 0.0187. The van der Waals surface area contributed by atoms with Gasteiger partial charge < -0.3 is 20.7 Å². The van der Waals surface area contributed by atoms with E-state index in [1.807, 2.05) is 0 Å². The third kappa shape index (κ3) is 8.45. The molecule has 0 amide bonds. The first-order chi connectivity index (χ1) is 12.8. The van der Waals surface area contributed by atoms with Gasteiger partial charge in [0.2, 0.25) is 6.10 Å². The average Bonchev–Trinajstić information content (AvgIpc) is 2.50. The van der Waals surface area contributed by atoms with Crippen LogP contribution in [0.1, 0.15) is 5.56 Å². The standard InChI is InChI=1S/C15H19NO10S2/c16-11(6-10-4-2-1-3-5-10)14(15(20)21)26-13(19)8-28(24,25)9-27(22,23)7-12(17)18/h1-5,11,14H,6-9,16H2,(H,17,18)(H,20,21). The highest BCUT2D eigenvalue weighted by atomic mass is 32.3. The molecule has 0 aliphatic carbocycles. The second-order valence-corrected chi connectivity index (χ2v) is 10.4. The van der Waals surface area contributed by atoms with Crippen LogP contribution in [-0.2, 0) is 45.2 Å². The van der Waals surface area contributed by atoms with Gasteiger partial charge in [0, 0.05) is 0 Å². The van der Waals surface area contributed by atoms with E-state index in [-0.39, 0.29) is 6.42 Å². The smallest absolute Gasteiger partial charge is 0.346 e. The minimum atomic E-state index is -4.60. The van der Waals surface area contributed by atoms with E-state index in [1.165, 1.54) is 0 Å². The number of ether oxygens (including phenoxy) is 1. The van der Waals surface area contributed by atoms with Crippen LogP contribution in [0.5, 0.6) is 0 Å². The molecule has 1 rings (SSSR count). The third-order valence-electron chi connectivity index (χ3n) is 3.25. The second-order valence-electron chi connectivity index (χ2n) is 5.89. The molecule has 0 aliphatic heterocycles. The van der Waals surface area contributed by atoms with Crippen LogP contribution < -0.4 is 5.73 Å². The van der Waals surface area contributed by atoms with E-state index in [0.717, 1.165) is 0 Å². The fourth-order valence-electron chi connectivity index (χ4n) is 2.21. The first-order valence-corrected chi connectivity index (χ1v) is 11.3. The highest BCUT2D eigenvalue weighted by Gasteiger charge is 2.33. The molecule has 0 radical (unpaired) electrons. The molecule has 4 N–H and O–H groups in total. The maximum Gasteiger partial charge on any atom is 0.346 e. The topological polar surface area (TPSA) is 195 Å². The zero-order valence-electron chi connectivity index (χ0n) is 14.4. The Balaban J connectivity index is 2.78. The van der Waals surface area contributed by atoms with E-state index in [2.05, 4.69) is 4.74 Å². The zero-order chi connectivity index (χ0) is 21.5. The van der Waals surface area contributed by atoms with Crippen LogP contribution in [0.3, 0.4) is 0 Å². The summed E-state index contributed by atoms with van der Waals surface area (Å²) in [6.07, 6.45) is -1.84. The number of hydrogen-bond donors (Lipinski definition) is 3. The van der Waals surface area contributed by atoms with Crippen molar-refractivity contribution in [3.63, 3.8) is 0 Å². The van der Waals surface area contributed by atoms with E-state index in [9.17, 15) is 36.3 Å². The van der Waals surface area contributed by atoms with Crippen molar-refractivity contribution < 1.29 is 46.2 Å². The number of carbonyl (C=O) groups excluding carboxylic acids is 1. The lowest BCUT2D eigenvalue weighted by Gasteiger charge is -2.20. The summed E-state index contributed by atoms with van der Waals surface area (Å²) in [4.78, 5) is 33.5. The normalized spacial score (nSPS) is 14.0. The molecule has 13 heteroatoms. The summed E-state index contributed by atoms with van der Waals surface area (Å²) < 4.78 is 51.1. The number of esters is 1. The number of sulfone groups is 2. The third-order valence-corrected chi connectivity index (χ3v) is 7.48. The van der Waals surface area contributed by atoms with Crippen LogP contribution >= 0.6 is 0 Å². The van der Waals surface area contributed by atoms with Gasteiger partial charge in [-0.2, -0.15) is 0 Å². The molecular formula is C15H19NO10S2. The molecule has 1 aromatic rings. The summed E-state index contributed by atoms with van der Waals surface area (Å²) in [6, 6.07) is 7.24. The van der Waals surface area contributed by atoms with Crippen molar-refractivity contribution in [3.8, 4) is 0 Å². The van der Waals surface area contributed by atoms with Crippen LogP contribution in [0.4, 0.5) is 0 Å². The van der Waals surface area contributed by atoms with Crippen molar-refractivity contribution in [1.29, 1.82) is 0 Å². The second kappa shape index (κ2) is 9.61. The van der Waals surface area contributed by atoms with Crippen molar-refractivity contribution in [2.24, 2.45) is 5.73 Å². The zero-order valence-corrected chi connectivity index (χ0v) is 16.1. The van der Waals surface area contributed by atoms with Crippen LogP contribution in [0.15, 0.2) is 30.3 Å². The molecule has 2 atom stereocenters. The van der Waals surface area contributed by atoms with E-state index in [0.29, 0.717) is 5.56 Å². The lowest BCUT2D eigenvalue weighted by molar-refractivity contribution is -0.163. The SMILES string of the molecule is NC(Cc1ccccc1)C(OC(=O)CS(=O)(=O)CS(=O)(=O)CC(=O)O)C(=O)O. The maximum atomic E-state index is 11.8. The molecule has 0 spiro atoms. The Labute approximate surface area is 160 Å². The van der Waals surface area contributed by atoms with Gasteiger partial charge in [-0.1, -0.05) is 30.3 Å². The molecule has 156 valence electrons. The molecule has 0 heterocycles. The predicted octanol–water partition coefficient (Wildman–Crippen LogP) is -1.58. The number of benzene rings is 1. The summed E-state index contributed by atoms with van der Waals surface area (Å²) >= 11 is 0. The Kier molecular flexibility index (Phi) is 8.08. The Morgan fingerprint density at radius 3 is 2.00 bits per heavy atom. The van der Waals surface area contributed by atoms with Gasteiger partial charge in [-0.25, -0.2) is 21.6 Å². The van der Waals surface area contributed by atoms with Crippen LogP contribution in [0, 0.1) is 0 Å². The summed E-state index contributed by atoms with van der Waals surface area (Å²) in [5, 5.41) is 16.0. The van der Waals surface area contributed by atoms with E-state index >= 15 is 0 Å². The molecule has 2 unspecified atom stereocenters. The number of hydrogen-bond acceptors (Lipinski definition) is 9. The highest BCUT2D eigenvalue weighted by Crippen LogP contribution is 2.09. The minimum Gasteiger partial charge on any atom is -0.480 e. The number of carboxylic acids is 2. The molecule has 0 saturated heterocycles. The van der Waals surface area contributed by atoms with E-state index < -0.39 is 66.3 Å².